The first-order valence-corrected chi connectivity index (χ1v) is 9.00. The molecule has 1 aromatic carbocycles. The lowest BCUT2D eigenvalue weighted by Crippen LogP contribution is -2.32. The Labute approximate surface area is 153 Å². The molecule has 7 heteroatoms. The Balaban J connectivity index is 1.52. The summed E-state index contributed by atoms with van der Waals surface area (Å²) in [5.74, 6) is -0.280. The van der Waals surface area contributed by atoms with Gasteiger partial charge in [-0.05, 0) is 18.9 Å². The number of ether oxygens (including phenoxy) is 4. The largest absolute Gasteiger partial charge is 0.508 e. The van der Waals surface area contributed by atoms with Gasteiger partial charge in [-0.1, -0.05) is 30.3 Å². The molecule has 0 spiro atoms. The fraction of sp³-hybridized carbons (Fsp3) is 0.579. The third-order valence-corrected chi connectivity index (χ3v) is 4.87. The highest BCUT2D eigenvalue weighted by Crippen LogP contribution is 2.36. The van der Waals surface area contributed by atoms with Crippen LogP contribution in [0.3, 0.4) is 0 Å². The molecule has 2 fully saturated rings. The van der Waals surface area contributed by atoms with Gasteiger partial charge in [0.1, 0.15) is 13.3 Å². The molecule has 26 heavy (non-hydrogen) atoms. The van der Waals surface area contributed by atoms with Crippen molar-refractivity contribution in [2.75, 3.05) is 33.2 Å². The Morgan fingerprint density at radius 1 is 1.27 bits per heavy atom. The molecular formula is C19H25NO6. The van der Waals surface area contributed by atoms with Crippen molar-refractivity contribution in [2.45, 2.75) is 26.0 Å². The minimum atomic E-state index is -0.698. The SMILES string of the molecule is CCOC(=O)OC[C@@H]1C(CCOCc2ccccc2)C(=O)N2COC[C@@H]12. The first kappa shape index (κ1) is 18.7. The van der Waals surface area contributed by atoms with E-state index in [1.807, 2.05) is 30.3 Å². The summed E-state index contributed by atoms with van der Waals surface area (Å²) in [7, 11) is 0. The molecule has 0 bridgehead atoms. The quantitative estimate of drug-likeness (QED) is 0.521. The van der Waals surface area contributed by atoms with E-state index < -0.39 is 6.16 Å². The summed E-state index contributed by atoms with van der Waals surface area (Å²) in [6, 6.07) is 9.86. The van der Waals surface area contributed by atoms with Crippen molar-refractivity contribution in [1.29, 1.82) is 0 Å². The number of fused-ring (bicyclic) bond motifs is 1. The minimum Gasteiger partial charge on any atom is -0.435 e. The number of hydrogen-bond acceptors (Lipinski definition) is 6. The van der Waals surface area contributed by atoms with Crippen LogP contribution in [0, 0.1) is 11.8 Å². The number of benzene rings is 1. The van der Waals surface area contributed by atoms with Gasteiger partial charge in [-0.2, -0.15) is 0 Å². The van der Waals surface area contributed by atoms with Crippen LogP contribution < -0.4 is 0 Å². The molecule has 2 aliphatic heterocycles. The maximum Gasteiger partial charge on any atom is 0.508 e. The zero-order chi connectivity index (χ0) is 18.4. The van der Waals surface area contributed by atoms with Gasteiger partial charge in [0.15, 0.2) is 0 Å². The Morgan fingerprint density at radius 3 is 2.85 bits per heavy atom. The van der Waals surface area contributed by atoms with Gasteiger partial charge in [-0.25, -0.2) is 4.79 Å². The van der Waals surface area contributed by atoms with E-state index in [4.69, 9.17) is 18.9 Å². The first-order valence-electron chi connectivity index (χ1n) is 9.00. The highest BCUT2D eigenvalue weighted by atomic mass is 16.7. The average Bonchev–Trinajstić information content (AvgIpc) is 3.21. The smallest absolute Gasteiger partial charge is 0.435 e. The van der Waals surface area contributed by atoms with E-state index in [0.29, 0.717) is 33.0 Å². The zero-order valence-corrected chi connectivity index (χ0v) is 15.0. The molecule has 2 aliphatic rings. The lowest BCUT2D eigenvalue weighted by molar-refractivity contribution is -0.133. The van der Waals surface area contributed by atoms with Crippen molar-refractivity contribution in [1.82, 2.24) is 4.90 Å². The predicted octanol–water partition coefficient (Wildman–Crippen LogP) is 2.20. The van der Waals surface area contributed by atoms with Gasteiger partial charge < -0.3 is 23.8 Å². The predicted molar refractivity (Wildman–Crippen MR) is 92.1 cm³/mol. The van der Waals surface area contributed by atoms with Gasteiger partial charge in [0.2, 0.25) is 5.91 Å². The van der Waals surface area contributed by atoms with Crippen molar-refractivity contribution < 1.29 is 28.5 Å². The molecule has 1 unspecified atom stereocenters. The molecule has 1 amide bonds. The van der Waals surface area contributed by atoms with Gasteiger partial charge in [0.05, 0.1) is 25.9 Å². The Morgan fingerprint density at radius 2 is 2.08 bits per heavy atom. The van der Waals surface area contributed by atoms with Crippen LogP contribution >= 0.6 is 0 Å². The number of amides is 1. The van der Waals surface area contributed by atoms with Crippen LogP contribution in [0.1, 0.15) is 18.9 Å². The number of carbonyl (C=O) groups excluding carboxylic acids is 2. The van der Waals surface area contributed by atoms with Crippen LogP contribution in [-0.2, 0) is 30.3 Å². The second-order valence-electron chi connectivity index (χ2n) is 6.47. The Kier molecular flexibility index (Phi) is 6.46. The standard InChI is InChI=1S/C19H25NO6/c1-2-25-19(22)26-11-16-15(18(21)20-13-24-12-17(16)20)8-9-23-10-14-6-4-3-5-7-14/h3-7,15-17H,2,8-13H2,1H3/t15?,16-,17+/m1/s1. The molecule has 0 saturated carbocycles. The minimum absolute atomic E-state index is 0.0453. The van der Waals surface area contributed by atoms with Gasteiger partial charge in [0, 0.05) is 18.4 Å². The third-order valence-electron chi connectivity index (χ3n) is 4.87. The zero-order valence-electron chi connectivity index (χ0n) is 15.0. The van der Waals surface area contributed by atoms with Crippen molar-refractivity contribution in [2.24, 2.45) is 11.8 Å². The molecule has 7 nitrogen and oxygen atoms in total. The molecule has 2 saturated heterocycles. The molecule has 0 N–H and O–H groups in total. The van der Waals surface area contributed by atoms with E-state index in [1.165, 1.54) is 0 Å². The number of carbonyl (C=O) groups is 2. The van der Waals surface area contributed by atoms with Crippen molar-refractivity contribution in [3.63, 3.8) is 0 Å². The Bertz CT molecular complexity index is 607. The number of rotatable bonds is 8. The van der Waals surface area contributed by atoms with Gasteiger partial charge >= 0.3 is 6.16 Å². The number of hydrogen-bond donors (Lipinski definition) is 0. The van der Waals surface area contributed by atoms with E-state index in [9.17, 15) is 9.59 Å². The molecule has 0 aliphatic carbocycles. The van der Waals surface area contributed by atoms with Crippen molar-refractivity contribution >= 4 is 12.1 Å². The van der Waals surface area contributed by atoms with Crippen LogP contribution in [0.5, 0.6) is 0 Å². The Hall–Kier alpha value is -2.12. The molecule has 2 heterocycles. The fourth-order valence-corrected chi connectivity index (χ4v) is 3.57. The normalized spacial score (nSPS) is 24.6. The highest BCUT2D eigenvalue weighted by Gasteiger charge is 2.50. The summed E-state index contributed by atoms with van der Waals surface area (Å²) < 4.78 is 21.1. The van der Waals surface area contributed by atoms with Crippen molar-refractivity contribution in [3.05, 3.63) is 35.9 Å². The van der Waals surface area contributed by atoms with Crippen LogP contribution in [0.4, 0.5) is 4.79 Å². The lowest BCUT2D eigenvalue weighted by Gasteiger charge is -2.20. The second kappa shape index (κ2) is 9.00. The fourth-order valence-electron chi connectivity index (χ4n) is 3.57. The topological polar surface area (TPSA) is 74.3 Å². The molecule has 0 aromatic heterocycles. The summed E-state index contributed by atoms with van der Waals surface area (Å²) in [5, 5.41) is 0. The summed E-state index contributed by atoms with van der Waals surface area (Å²) in [6.45, 7) is 3.91. The average molecular weight is 363 g/mol. The maximum absolute atomic E-state index is 12.7. The van der Waals surface area contributed by atoms with E-state index in [2.05, 4.69) is 0 Å². The van der Waals surface area contributed by atoms with E-state index in [-0.39, 0.29) is 37.0 Å². The van der Waals surface area contributed by atoms with Crippen LogP contribution in [0.2, 0.25) is 0 Å². The van der Waals surface area contributed by atoms with Gasteiger partial charge in [-0.3, -0.25) is 4.79 Å². The van der Waals surface area contributed by atoms with Crippen LogP contribution in [-0.4, -0.2) is 56.2 Å². The van der Waals surface area contributed by atoms with Crippen molar-refractivity contribution in [3.8, 4) is 0 Å². The molecule has 3 rings (SSSR count). The van der Waals surface area contributed by atoms with E-state index >= 15 is 0 Å². The maximum atomic E-state index is 12.7. The molecule has 1 aromatic rings. The lowest BCUT2D eigenvalue weighted by atomic mass is 9.89. The highest BCUT2D eigenvalue weighted by molar-refractivity contribution is 5.82. The summed E-state index contributed by atoms with van der Waals surface area (Å²) >= 11 is 0. The van der Waals surface area contributed by atoms with Crippen LogP contribution in [0.15, 0.2) is 30.3 Å². The van der Waals surface area contributed by atoms with Crippen LogP contribution in [0.25, 0.3) is 0 Å². The number of nitrogens with zero attached hydrogens (tertiary/aromatic N) is 1. The molecular weight excluding hydrogens is 338 g/mol. The van der Waals surface area contributed by atoms with E-state index in [0.717, 1.165) is 5.56 Å². The molecule has 3 atom stereocenters. The van der Waals surface area contributed by atoms with E-state index in [1.54, 1.807) is 11.8 Å². The first-order chi connectivity index (χ1) is 12.7. The summed E-state index contributed by atoms with van der Waals surface area (Å²) in [5.41, 5.74) is 1.10. The molecule has 142 valence electrons. The third kappa shape index (κ3) is 4.34. The molecule has 0 radical (unpaired) electrons. The van der Waals surface area contributed by atoms with Gasteiger partial charge in [0.25, 0.3) is 0 Å². The summed E-state index contributed by atoms with van der Waals surface area (Å²) in [6.07, 6.45) is -0.105. The monoisotopic (exact) mass is 363 g/mol. The second-order valence-corrected chi connectivity index (χ2v) is 6.47. The summed E-state index contributed by atoms with van der Waals surface area (Å²) in [4.78, 5) is 25.9. The van der Waals surface area contributed by atoms with Gasteiger partial charge in [-0.15, -0.1) is 0 Å².